The Hall–Kier alpha value is -2.57. The van der Waals surface area contributed by atoms with Gasteiger partial charge in [-0.1, -0.05) is 37.3 Å². The molecule has 1 N–H and O–H groups in total. The lowest BCUT2D eigenvalue weighted by Crippen LogP contribution is -2.56. The topological polar surface area (TPSA) is 73.0 Å². The molecule has 2 heterocycles. The van der Waals surface area contributed by atoms with Crippen LogP contribution in [0.2, 0.25) is 0 Å². The Bertz CT molecular complexity index is 679. The smallest absolute Gasteiger partial charge is 0.318 e. The summed E-state index contributed by atoms with van der Waals surface area (Å²) in [4.78, 5) is 41.9. The van der Waals surface area contributed by atoms with E-state index in [2.05, 4.69) is 17.4 Å². The largest absolute Gasteiger partial charge is 0.341 e. The van der Waals surface area contributed by atoms with Gasteiger partial charge in [-0.05, 0) is 18.4 Å². The number of hydrogen-bond acceptors (Lipinski definition) is 3. The van der Waals surface area contributed by atoms with Crippen molar-refractivity contribution >= 4 is 17.8 Å². The van der Waals surface area contributed by atoms with E-state index in [-0.39, 0.29) is 30.4 Å². The van der Waals surface area contributed by atoms with Gasteiger partial charge in [0.1, 0.15) is 6.54 Å². The summed E-state index contributed by atoms with van der Waals surface area (Å²) in [6.45, 7) is 5.15. The zero-order valence-corrected chi connectivity index (χ0v) is 15.9. The van der Waals surface area contributed by atoms with Gasteiger partial charge in [-0.15, -0.1) is 0 Å². The minimum absolute atomic E-state index is 0.0255. The van der Waals surface area contributed by atoms with E-state index in [1.54, 1.807) is 9.80 Å². The number of hydrogen-bond donors (Lipinski definition) is 1. The number of carbonyl (C=O) groups is 3. The third kappa shape index (κ3) is 4.99. The van der Waals surface area contributed by atoms with Crippen LogP contribution < -0.4 is 5.32 Å². The van der Waals surface area contributed by atoms with E-state index in [9.17, 15) is 14.4 Å². The molecule has 1 atom stereocenters. The molecule has 4 amide bonds. The van der Waals surface area contributed by atoms with Crippen LogP contribution in [0.3, 0.4) is 0 Å². The Morgan fingerprint density at radius 3 is 2.56 bits per heavy atom. The maximum Gasteiger partial charge on any atom is 0.318 e. The normalized spacial score (nSPS) is 20.3. The van der Waals surface area contributed by atoms with Crippen molar-refractivity contribution in [1.82, 2.24) is 20.0 Å². The molecule has 0 saturated carbocycles. The summed E-state index contributed by atoms with van der Waals surface area (Å²) in [7, 11) is 0. The first kappa shape index (κ1) is 19.2. The standard InChI is InChI=1S/C20H28N4O3/c1-2-9-23-14-17(13-18(23)25)21-20(27)24-12-11-22(19(26)15-24)10-8-16-6-4-3-5-7-16/h3-7,17H,2,8-15H2,1H3,(H,21,27). The summed E-state index contributed by atoms with van der Waals surface area (Å²) in [5.41, 5.74) is 1.20. The SMILES string of the molecule is CCCN1CC(NC(=O)N2CCN(CCc3ccccc3)C(=O)C2)CC1=O. The van der Waals surface area contributed by atoms with Gasteiger partial charge in [0.05, 0.1) is 6.04 Å². The van der Waals surface area contributed by atoms with Crippen molar-refractivity contribution in [3.63, 3.8) is 0 Å². The van der Waals surface area contributed by atoms with Gasteiger partial charge in [-0.2, -0.15) is 0 Å². The van der Waals surface area contributed by atoms with Crippen molar-refractivity contribution in [3.8, 4) is 0 Å². The zero-order valence-electron chi connectivity index (χ0n) is 15.9. The molecule has 7 nitrogen and oxygen atoms in total. The van der Waals surface area contributed by atoms with Gasteiger partial charge >= 0.3 is 6.03 Å². The molecule has 2 fully saturated rings. The second-order valence-corrected chi connectivity index (χ2v) is 7.23. The Morgan fingerprint density at radius 2 is 1.85 bits per heavy atom. The first-order chi connectivity index (χ1) is 13.1. The number of carbonyl (C=O) groups excluding carboxylic acids is 3. The van der Waals surface area contributed by atoms with Crippen molar-refractivity contribution in [2.24, 2.45) is 0 Å². The molecule has 2 aliphatic heterocycles. The lowest BCUT2D eigenvalue weighted by molar-refractivity contribution is -0.134. The quantitative estimate of drug-likeness (QED) is 0.813. The number of nitrogens with one attached hydrogen (secondary N) is 1. The monoisotopic (exact) mass is 372 g/mol. The Balaban J connectivity index is 1.44. The van der Waals surface area contributed by atoms with E-state index in [0.717, 1.165) is 19.4 Å². The van der Waals surface area contributed by atoms with Crippen LogP contribution in [0.1, 0.15) is 25.3 Å². The first-order valence-corrected chi connectivity index (χ1v) is 9.71. The molecule has 27 heavy (non-hydrogen) atoms. The van der Waals surface area contributed by atoms with Gasteiger partial charge in [-0.25, -0.2) is 4.79 Å². The van der Waals surface area contributed by atoms with Crippen LogP contribution >= 0.6 is 0 Å². The molecule has 0 radical (unpaired) electrons. The van der Waals surface area contributed by atoms with Crippen LogP contribution in [0.5, 0.6) is 0 Å². The van der Waals surface area contributed by atoms with Crippen LogP contribution in [0.15, 0.2) is 30.3 Å². The predicted molar refractivity (Wildman–Crippen MR) is 102 cm³/mol. The van der Waals surface area contributed by atoms with Crippen LogP contribution in [-0.4, -0.2) is 77.9 Å². The molecular weight excluding hydrogens is 344 g/mol. The number of urea groups is 1. The summed E-state index contributed by atoms with van der Waals surface area (Å²) >= 11 is 0. The molecule has 1 aromatic carbocycles. The van der Waals surface area contributed by atoms with Gasteiger partial charge in [-0.3, -0.25) is 9.59 Å². The highest BCUT2D eigenvalue weighted by Crippen LogP contribution is 2.13. The first-order valence-electron chi connectivity index (χ1n) is 9.71. The molecule has 1 aromatic rings. The van der Waals surface area contributed by atoms with E-state index in [1.165, 1.54) is 5.56 Å². The van der Waals surface area contributed by atoms with Gasteiger partial charge in [0.2, 0.25) is 11.8 Å². The van der Waals surface area contributed by atoms with Gasteiger partial charge < -0.3 is 20.0 Å². The second kappa shape index (κ2) is 8.88. The van der Waals surface area contributed by atoms with Crippen molar-refractivity contribution in [1.29, 1.82) is 0 Å². The lowest BCUT2D eigenvalue weighted by atomic mass is 10.1. The van der Waals surface area contributed by atoms with E-state index in [0.29, 0.717) is 32.6 Å². The highest BCUT2D eigenvalue weighted by Gasteiger charge is 2.33. The third-order valence-electron chi connectivity index (χ3n) is 5.15. The zero-order chi connectivity index (χ0) is 19.2. The maximum atomic E-state index is 12.5. The second-order valence-electron chi connectivity index (χ2n) is 7.23. The average Bonchev–Trinajstić information content (AvgIpc) is 3.01. The molecule has 0 spiro atoms. The van der Waals surface area contributed by atoms with Gasteiger partial charge in [0.25, 0.3) is 0 Å². The molecule has 0 aliphatic carbocycles. The van der Waals surface area contributed by atoms with E-state index in [4.69, 9.17) is 0 Å². The highest BCUT2D eigenvalue weighted by molar-refractivity contribution is 5.86. The molecule has 1 unspecified atom stereocenters. The minimum atomic E-state index is -0.248. The van der Waals surface area contributed by atoms with Crippen molar-refractivity contribution < 1.29 is 14.4 Å². The Kier molecular flexibility index (Phi) is 6.32. The van der Waals surface area contributed by atoms with Crippen molar-refractivity contribution in [2.75, 3.05) is 39.3 Å². The Labute approximate surface area is 160 Å². The number of nitrogens with zero attached hydrogens (tertiary/aromatic N) is 3. The molecule has 0 bridgehead atoms. The minimum Gasteiger partial charge on any atom is -0.341 e. The van der Waals surface area contributed by atoms with Crippen molar-refractivity contribution in [2.45, 2.75) is 32.2 Å². The third-order valence-corrected chi connectivity index (χ3v) is 5.15. The number of amides is 4. The molecule has 3 rings (SSSR count). The van der Waals surface area contributed by atoms with Gasteiger partial charge in [0.15, 0.2) is 0 Å². The average molecular weight is 372 g/mol. The summed E-state index contributed by atoms with van der Waals surface area (Å²) in [5, 5.41) is 2.91. The summed E-state index contributed by atoms with van der Waals surface area (Å²) in [6, 6.07) is 9.66. The maximum absolute atomic E-state index is 12.5. The lowest BCUT2D eigenvalue weighted by Gasteiger charge is -2.34. The summed E-state index contributed by atoms with van der Waals surface area (Å²) in [5.74, 6) is 0.0615. The fourth-order valence-corrected chi connectivity index (χ4v) is 3.65. The molecule has 0 aromatic heterocycles. The molecular formula is C20H28N4O3. The predicted octanol–water partition coefficient (Wildman–Crippen LogP) is 1.09. The van der Waals surface area contributed by atoms with Crippen LogP contribution in [-0.2, 0) is 16.0 Å². The van der Waals surface area contributed by atoms with E-state index < -0.39 is 0 Å². The number of piperazine rings is 1. The molecule has 7 heteroatoms. The van der Waals surface area contributed by atoms with Crippen LogP contribution in [0, 0.1) is 0 Å². The molecule has 2 aliphatic rings. The summed E-state index contributed by atoms with van der Waals surface area (Å²) < 4.78 is 0. The number of likely N-dealkylation sites (tertiary alicyclic amines) is 1. The van der Waals surface area contributed by atoms with Crippen molar-refractivity contribution in [3.05, 3.63) is 35.9 Å². The molecule has 2 saturated heterocycles. The summed E-state index contributed by atoms with van der Waals surface area (Å²) in [6.07, 6.45) is 2.07. The fourth-order valence-electron chi connectivity index (χ4n) is 3.65. The van der Waals surface area contributed by atoms with E-state index >= 15 is 0 Å². The van der Waals surface area contributed by atoms with E-state index in [1.807, 2.05) is 30.0 Å². The fraction of sp³-hybridized carbons (Fsp3) is 0.550. The van der Waals surface area contributed by atoms with Gasteiger partial charge in [0, 0.05) is 39.1 Å². The molecule has 146 valence electrons. The Morgan fingerprint density at radius 1 is 1.07 bits per heavy atom. The van der Waals surface area contributed by atoms with Crippen LogP contribution in [0.4, 0.5) is 4.79 Å². The highest BCUT2D eigenvalue weighted by atomic mass is 16.2. The van der Waals surface area contributed by atoms with Crippen LogP contribution in [0.25, 0.3) is 0 Å². The number of rotatable bonds is 6. The number of benzene rings is 1.